The second-order valence-corrected chi connectivity index (χ2v) is 7.71. The van der Waals surface area contributed by atoms with Crippen LogP contribution in [0.25, 0.3) is 48.8 Å². The highest BCUT2D eigenvalue weighted by Gasteiger charge is 2.23. The summed E-state index contributed by atoms with van der Waals surface area (Å²) in [6.07, 6.45) is 1.54. The van der Waals surface area contributed by atoms with E-state index in [1.54, 1.807) is 49.6 Å². The van der Waals surface area contributed by atoms with Gasteiger partial charge in [0.1, 0.15) is 11.9 Å². The summed E-state index contributed by atoms with van der Waals surface area (Å²) >= 11 is 0. The molecule has 0 amide bonds. The molecule has 0 saturated carbocycles. The van der Waals surface area contributed by atoms with E-state index in [1.165, 1.54) is 10.7 Å². The highest BCUT2D eigenvalue weighted by atomic mass is 19.1. The summed E-state index contributed by atoms with van der Waals surface area (Å²) in [5, 5.41) is 22.3. The molecule has 0 aliphatic heterocycles. The zero-order chi connectivity index (χ0) is 24.0. The molecule has 0 aliphatic carbocycles. The van der Waals surface area contributed by atoms with Gasteiger partial charge in [-0.2, -0.15) is 15.5 Å². The minimum absolute atomic E-state index is 0.0443. The van der Waals surface area contributed by atoms with Gasteiger partial charge in [-0.1, -0.05) is 24.3 Å². The normalized spacial score (nSPS) is 11.0. The topological polar surface area (TPSA) is 118 Å². The fourth-order valence-electron chi connectivity index (χ4n) is 4.33. The van der Waals surface area contributed by atoms with Gasteiger partial charge >= 0.3 is 0 Å². The van der Waals surface area contributed by atoms with Gasteiger partial charge < -0.3 is 5.73 Å². The molecule has 0 atom stereocenters. The minimum atomic E-state index is -0.559. The lowest BCUT2D eigenvalue weighted by Gasteiger charge is -2.13. The lowest BCUT2D eigenvalue weighted by atomic mass is 9.93. The van der Waals surface area contributed by atoms with E-state index in [2.05, 4.69) is 26.2 Å². The van der Waals surface area contributed by atoms with Gasteiger partial charge in [0, 0.05) is 30.1 Å². The van der Waals surface area contributed by atoms with Crippen LogP contribution in [0.2, 0.25) is 0 Å². The molecular formula is C25H16FN7O. The highest BCUT2D eigenvalue weighted by Crippen LogP contribution is 2.43. The molecule has 0 radical (unpaired) electrons. The van der Waals surface area contributed by atoms with Gasteiger partial charge in [0.15, 0.2) is 0 Å². The predicted molar refractivity (Wildman–Crippen MR) is 126 cm³/mol. The number of H-pyrrole nitrogens is 1. The van der Waals surface area contributed by atoms with Crippen LogP contribution >= 0.6 is 0 Å². The summed E-state index contributed by atoms with van der Waals surface area (Å²) < 4.78 is 17.0. The summed E-state index contributed by atoms with van der Waals surface area (Å²) in [6.45, 7) is 7.83. The molecule has 3 aromatic carbocycles. The minimum Gasteiger partial charge on any atom is -0.325 e. The average Bonchev–Trinajstić information content (AvgIpc) is 3.23. The fraction of sp³-hybridized carbons (Fsp3) is 0.0800. The van der Waals surface area contributed by atoms with Crippen molar-refractivity contribution in [1.82, 2.24) is 20.0 Å². The number of nitrogens with one attached hydrogen (secondary N) is 1. The van der Waals surface area contributed by atoms with Crippen molar-refractivity contribution in [3.8, 4) is 28.5 Å². The van der Waals surface area contributed by atoms with Crippen LogP contribution in [-0.2, 0) is 13.6 Å². The van der Waals surface area contributed by atoms with E-state index in [4.69, 9.17) is 12.3 Å². The van der Waals surface area contributed by atoms with Crippen LogP contribution in [0.1, 0.15) is 11.3 Å². The second kappa shape index (κ2) is 7.93. The van der Waals surface area contributed by atoms with Gasteiger partial charge in [0.25, 0.3) is 5.56 Å². The first-order valence-electron chi connectivity index (χ1n) is 10.3. The van der Waals surface area contributed by atoms with Crippen molar-refractivity contribution in [2.24, 2.45) is 12.8 Å². The van der Waals surface area contributed by atoms with Crippen LogP contribution in [0.4, 0.5) is 10.1 Å². The van der Waals surface area contributed by atoms with E-state index < -0.39 is 11.4 Å². The Hall–Kier alpha value is -4.86. The monoisotopic (exact) mass is 449 g/mol. The third-order valence-electron chi connectivity index (χ3n) is 5.85. The van der Waals surface area contributed by atoms with Crippen LogP contribution < -0.4 is 11.3 Å². The van der Waals surface area contributed by atoms with Crippen molar-refractivity contribution in [3.63, 3.8) is 0 Å². The number of rotatable bonds is 3. The number of aromatic nitrogens is 4. The van der Waals surface area contributed by atoms with Gasteiger partial charge in [0.05, 0.1) is 35.1 Å². The molecule has 5 aromatic rings. The number of halogens is 1. The molecule has 0 fully saturated rings. The first-order valence-corrected chi connectivity index (χ1v) is 10.3. The maximum Gasteiger partial charge on any atom is 0.273 e. The van der Waals surface area contributed by atoms with E-state index in [1.807, 2.05) is 0 Å². The Morgan fingerprint density at radius 2 is 2.06 bits per heavy atom. The fourth-order valence-corrected chi connectivity index (χ4v) is 4.33. The Morgan fingerprint density at radius 3 is 2.79 bits per heavy atom. The lowest BCUT2D eigenvalue weighted by Crippen LogP contribution is -2.14. The average molecular weight is 449 g/mol. The van der Waals surface area contributed by atoms with Crippen LogP contribution in [0.15, 0.2) is 53.5 Å². The second-order valence-electron chi connectivity index (χ2n) is 7.71. The molecule has 0 aliphatic rings. The smallest absolute Gasteiger partial charge is 0.273 e. The summed E-state index contributed by atoms with van der Waals surface area (Å²) in [7, 11) is 1.66. The molecule has 3 N–H and O–H groups in total. The molecule has 8 nitrogen and oxygen atoms in total. The van der Waals surface area contributed by atoms with E-state index in [9.17, 15) is 10.1 Å². The number of benzene rings is 3. The van der Waals surface area contributed by atoms with Crippen molar-refractivity contribution >= 4 is 27.2 Å². The standard InChI is InChI=1S/C25H16FN7O/c1-29-23-16-6-4-3-5-13(16)9-19(26)22(23)24-18(12-30-33(24)2)14-7-15(10-27)21-17(8-14)20(11-28)31-32-25(21)34/h3-9,12H,11,28H2,2H3,(H,32,34). The van der Waals surface area contributed by atoms with Crippen LogP contribution in [0, 0.1) is 23.7 Å². The Balaban J connectivity index is 1.87. The first kappa shape index (κ1) is 21.0. The van der Waals surface area contributed by atoms with Crippen molar-refractivity contribution in [3.05, 3.63) is 87.5 Å². The number of hydrogen-bond donors (Lipinski definition) is 2. The molecule has 2 heterocycles. The molecule has 0 spiro atoms. The highest BCUT2D eigenvalue weighted by molar-refractivity contribution is 6.04. The summed E-state index contributed by atoms with van der Waals surface area (Å²) in [5.41, 5.74) is 7.55. The van der Waals surface area contributed by atoms with Crippen molar-refractivity contribution in [2.45, 2.75) is 6.54 Å². The molecular weight excluding hydrogens is 433 g/mol. The molecule has 164 valence electrons. The largest absolute Gasteiger partial charge is 0.325 e. The van der Waals surface area contributed by atoms with Gasteiger partial charge in [-0.3, -0.25) is 9.48 Å². The quantitative estimate of drug-likeness (QED) is 0.401. The summed E-state index contributed by atoms with van der Waals surface area (Å²) in [5.74, 6) is -0.559. The zero-order valence-corrected chi connectivity index (χ0v) is 17.9. The number of aromatic amines is 1. The van der Waals surface area contributed by atoms with E-state index in [-0.39, 0.29) is 28.7 Å². The van der Waals surface area contributed by atoms with Gasteiger partial charge in [-0.05, 0) is 34.5 Å². The van der Waals surface area contributed by atoms with Crippen molar-refractivity contribution in [1.29, 1.82) is 5.26 Å². The maximum atomic E-state index is 15.5. The first-order chi connectivity index (χ1) is 16.5. The molecule has 9 heteroatoms. The SMILES string of the molecule is [C-]#[N+]c1c(-c2c(-c3cc(C#N)c4c(=O)[nH]nc(CN)c4c3)cnn2C)c(F)cc2ccccc12. The van der Waals surface area contributed by atoms with E-state index in [0.29, 0.717) is 38.7 Å². The van der Waals surface area contributed by atoms with Crippen molar-refractivity contribution < 1.29 is 4.39 Å². The zero-order valence-electron chi connectivity index (χ0n) is 17.9. The van der Waals surface area contributed by atoms with Gasteiger partial charge in [-0.15, -0.1) is 0 Å². The number of aryl methyl sites for hydroxylation is 1. The molecule has 34 heavy (non-hydrogen) atoms. The summed E-state index contributed by atoms with van der Waals surface area (Å²) in [6, 6.07) is 13.8. The molecule has 2 aromatic heterocycles. The Kier molecular flexibility index (Phi) is 4.90. The number of fused-ring (bicyclic) bond motifs is 2. The molecule has 0 unspecified atom stereocenters. The van der Waals surface area contributed by atoms with Gasteiger partial charge in [0.2, 0.25) is 5.69 Å². The van der Waals surface area contributed by atoms with Gasteiger partial charge in [-0.25, -0.2) is 14.3 Å². The summed E-state index contributed by atoms with van der Waals surface area (Å²) in [4.78, 5) is 16.1. The van der Waals surface area contributed by atoms with Crippen LogP contribution in [0.5, 0.6) is 0 Å². The number of nitrogens with zero attached hydrogens (tertiary/aromatic N) is 5. The molecule has 0 saturated heterocycles. The van der Waals surface area contributed by atoms with Crippen molar-refractivity contribution in [2.75, 3.05) is 0 Å². The van der Waals surface area contributed by atoms with E-state index >= 15 is 4.39 Å². The third kappa shape index (κ3) is 3.04. The maximum absolute atomic E-state index is 15.5. The molecule has 0 bridgehead atoms. The Bertz CT molecular complexity index is 1770. The van der Waals surface area contributed by atoms with Crippen LogP contribution in [-0.4, -0.2) is 20.0 Å². The number of nitrogens with two attached hydrogens (primary N) is 1. The third-order valence-corrected chi connectivity index (χ3v) is 5.85. The van der Waals surface area contributed by atoms with E-state index in [0.717, 1.165) is 0 Å². The number of hydrogen-bond acceptors (Lipinski definition) is 5. The number of nitriles is 1. The lowest BCUT2D eigenvalue weighted by molar-refractivity contribution is 0.630. The molecule has 5 rings (SSSR count). The Morgan fingerprint density at radius 1 is 1.26 bits per heavy atom. The predicted octanol–water partition coefficient (Wildman–Crippen LogP) is 4.16. The Labute approximate surface area is 192 Å². The van der Waals surface area contributed by atoms with Crippen LogP contribution in [0.3, 0.4) is 0 Å².